The third kappa shape index (κ3) is 2.58. The molecule has 0 saturated carbocycles. The maximum atomic E-state index is 5.34. The molecule has 0 aliphatic heterocycles. The molecule has 0 aliphatic rings. The number of nitrogens with zero attached hydrogens (tertiary/aromatic N) is 3. The second kappa shape index (κ2) is 4.76. The molecule has 0 unspecified atom stereocenters. The average molecular weight is 218 g/mol. The van der Waals surface area contributed by atoms with Crippen LogP contribution in [-0.2, 0) is 13.1 Å². The summed E-state index contributed by atoms with van der Waals surface area (Å²) in [6, 6.07) is 0. The van der Waals surface area contributed by atoms with Crippen LogP contribution in [0, 0.1) is 6.92 Å². The lowest BCUT2D eigenvalue weighted by Crippen LogP contribution is -2.12. The summed E-state index contributed by atoms with van der Waals surface area (Å²) in [7, 11) is 0. The van der Waals surface area contributed by atoms with Crippen LogP contribution in [0.4, 0.5) is 0 Å². The average Bonchev–Trinajstić information content (AvgIpc) is 2.88. The van der Waals surface area contributed by atoms with Gasteiger partial charge in [0, 0.05) is 24.5 Å². The van der Waals surface area contributed by atoms with Crippen molar-refractivity contribution >= 4 is 6.20 Å². The van der Waals surface area contributed by atoms with E-state index < -0.39 is 0 Å². The molecule has 0 spiro atoms. The Hall–Kier alpha value is -1.88. The van der Waals surface area contributed by atoms with Crippen LogP contribution in [0.3, 0.4) is 0 Å². The molecule has 16 heavy (non-hydrogen) atoms. The third-order valence-corrected chi connectivity index (χ3v) is 2.12. The van der Waals surface area contributed by atoms with E-state index in [1.807, 2.05) is 13.1 Å². The van der Waals surface area contributed by atoms with Crippen molar-refractivity contribution in [3.63, 3.8) is 0 Å². The Morgan fingerprint density at radius 3 is 3.00 bits per heavy atom. The number of hydrogen-bond donors (Lipinski definition) is 1. The van der Waals surface area contributed by atoms with Gasteiger partial charge in [0.2, 0.25) is 5.89 Å². The molecule has 5 nitrogen and oxygen atoms in total. The Kier molecular flexibility index (Phi) is 3.16. The van der Waals surface area contributed by atoms with Gasteiger partial charge in [0.1, 0.15) is 5.76 Å². The van der Waals surface area contributed by atoms with E-state index >= 15 is 0 Å². The van der Waals surface area contributed by atoms with E-state index in [0.29, 0.717) is 12.4 Å². The summed E-state index contributed by atoms with van der Waals surface area (Å²) in [6.45, 7) is 6.86. The molecule has 0 saturated heterocycles. The summed E-state index contributed by atoms with van der Waals surface area (Å²) < 4.78 is 7.01. The lowest BCUT2D eigenvalue weighted by Gasteiger charge is -1.98. The van der Waals surface area contributed by atoms with Crippen molar-refractivity contribution in [1.82, 2.24) is 20.1 Å². The van der Waals surface area contributed by atoms with Gasteiger partial charge < -0.3 is 9.73 Å². The number of nitrogens with one attached hydrogen (secondary N) is 1. The van der Waals surface area contributed by atoms with Crippen LogP contribution in [0.1, 0.15) is 17.2 Å². The van der Waals surface area contributed by atoms with E-state index in [4.69, 9.17) is 4.42 Å². The van der Waals surface area contributed by atoms with Crippen LogP contribution in [-0.4, -0.2) is 14.8 Å². The van der Waals surface area contributed by atoms with Gasteiger partial charge in [0.25, 0.3) is 0 Å². The first-order chi connectivity index (χ1) is 7.78. The first-order valence-electron chi connectivity index (χ1n) is 5.05. The van der Waals surface area contributed by atoms with Crippen LogP contribution in [0.25, 0.3) is 6.20 Å². The Morgan fingerprint density at radius 2 is 2.38 bits per heavy atom. The van der Waals surface area contributed by atoms with Crippen molar-refractivity contribution in [3.8, 4) is 0 Å². The zero-order valence-corrected chi connectivity index (χ0v) is 9.18. The molecule has 0 aliphatic carbocycles. The topological polar surface area (TPSA) is 55.9 Å². The predicted molar refractivity (Wildman–Crippen MR) is 60.4 cm³/mol. The number of hydrogen-bond acceptors (Lipinski definition) is 4. The van der Waals surface area contributed by atoms with Crippen molar-refractivity contribution in [2.75, 3.05) is 0 Å². The monoisotopic (exact) mass is 218 g/mol. The predicted octanol–water partition coefficient (Wildman–Crippen LogP) is 1.57. The van der Waals surface area contributed by atoms with Gasteiger partial charge in [-0.05, 0) is 6.92 Å². The normalized spacial score (nSPS) is 10.6. The summed E-state index contributed by atoms with van der Waals surface area (Å²) in [5.41, 5.74) is 1.10. The summed E-state index contributed by atoms with van der Waals surface area (Å²) in [5, 5.41) is 7.31. The van der Waals surface area contributed by atoms with Gasteiger partial charge in [-0.25, -0.2) is 9.67 Å². The summed E-state index contributed by atoms with van der Waals surface area (Å²) in [4.78, 5) is 4.10. The Bertz CT molecular complexity index is 472. The van der Waals surface area contributed by atoms with Crippen molar-refractivity contribution in [2.45, 2.75) is 20.0 Å². The van der Waals surface area contributed by atoms with Crippen LogP contribution < -0.4 is 5.32 Å². The minimum atomic E-state index is 0.618. The first kappa shape index (κ1) is 10.6. The second-order valence-corrected chi connectivity index (χ2v) is 3.48. The first-order valence-corrected chi connectivity index (χ1v) is 5.05. The molecule has 2 heterocycles. The van der Waals surface area contributed by atoms with E-state index in [1.54, 1.807) is 23.3 Å². The molecule has 0 aromatic carbocycles. The molecule has 0 amide bonds. The number of aryl methyl sites for hydroxylation is 1. The molecule has 0 radical (unpaired) electrons. The van der Waals surface area contributed by atoms with Crippen LogP contribution in [0.5, 0.6) is 0 Å². The molecule has 2 aromatic heterocycles. The van der Waals surface area contributed by atoms with Crippen LogP contribution in [0.15, 0.2) is 29.6 Å². The minimum absolute atomic E-state index is 0.618. The minimum Gasteiger partial charge on any atom is -0.445 e. The standard InChI is InChI=1S/C11H14N4O/c1-3-15-8-10(6-14-15)5-12-7-11-13-4-9(2)16-11/h3-4,6,8,12H,1,5,7H2,2H3. The van der Waals surface area contributed by atoms with Gasteiger partial charge in [-0.1, -0.05) is 6.58 Å². The summed E-state index contributed by atoms with van der Waals surface area (Å²) in [6.07, 6.45) is 7.09. The van der Waals surface area contributed by atoms with Gasteiger partial charge in [0.05, 0.1) is 18.9 Å². The van der Waals surface area contributed by atoms with Crippen molar-refractivity contribution in [2.24, 2.45) is 0 Å². The number of rotatable bonds is 5. The highest BCUT2D eigenvalue weighted by molar-refractivity contribution is 5.17. The van der Waals surface area contributed by atoms with Gasteiger partial charge in [-0.2, -0.15) is 5.10 Å². The van der Waals surface area contributed by atoms with Crippen molar-refractivity contribution < 1.29 is 4.42 Å². The summed E-state index contributed by atoms with van der Waals surface area (Å²) >= 11 is 0. The van der Waals surface area contributed by atoms with Crippen molar-refractivity contribution in [3.05, 3.63) is 42.4 Å². The highest BCUT2D eigenvalue weighted by Gasteiger charge is 2.00. The van der Waals surface area contributed by atoms with E-state index in [0.717, 1.165) is 17.9 Å². The smallest absolute Gasteiger partial charge is 0.208 e. The molecule has 0 bridgehead atoms. The molecule has 0 atom stereocenters. The largest absolute Gasteiger partial charge is 0.445 e. The van der Waals surface area contributed by atoms with Crippen molar-refractivity contribution in [1.29, 1.82) is 0 Å². The zero-order chi connectivity index (χ0) is 11.4. The van der Waals surface area contributed by atoms with Gasteiger partial charge in [0.15, 0.2) is 0 Å². The lowest BCUT2D eigenvalue weighted by molar-refractivity contribution is 0.449. The SMILES string of the molecule is C=Cn1cc(CNCc2ncc(C)o2)cn1. The molecule has 2 aromatic rings. The molecule has 1 N–H and O–H groups in total. The van der Waals surface area contributed by atoms with Crippen LogP contribution >= 0.6 is 0 Å². The molecule has 0 fully saturated rings. The maximum absolute atomic E-state index is 5.34. The second-order valence-electron chi connectivity index (χ2n) is 3.48. The Morgan fingerprint density at radius 1 is 1.50 bits per heavy atom. The molecule has 84 valence electrons. The Balaban J connectivity index is 1.81. The quantitative estimate of drug-likeness (QED) is 0.827. The number of aromatic nitrogens is 3. The Labute approximate surface area is 93.8 Å². The fourth-order valence-corrected chi connectivity index (χ4v) is 1.37. The van der Waals surface area contributed by atoms with E-state index in [2.05, 4.69) is 22.0 Å². The van der Waals surface area contributed by atoms with E-state index in [-0.39, 0.29) is 0 Å². The lowest BCUT2D eigenvalue weighted by atomic mass is 10.3. The summed E-state index contributed by atoms with van der Waals surface area (Å²) in [5.74, 6) is 1.53. The fraction of sp³-hybridized carbons (Fsp3) is 0.273. The maximum Gasteiger partial charge on any atom is 0.208 e. The molecular formula is C11H14N4O. The molecular weight excluding hydrogens is 204 g/mol. The third-order valence-electron chi connectivity index (χ3n) is 2.12. The van der Waals surface area contributed by atoms with Gasteiger partial charge in [-0.3, -0.25) is 0 Å². The number of oxazole rings is 1. The highest BCUT2D eigenvalue weighted by atomic mass is 16.4. The van der Waals surface area contributed by atoms with Gasteiger partial charge in [-0.15, -0.1) is 0 Å². The van der Waals surface area contributed by atoms with E-state index in [1.165, 1.54) is 0 Å². The highest BCUT2D eigenvalue weighted by Crippen LogP contribution is 2.02. The molecule has 5 heteroatoms. The van der Waals surface area contributed by atoms with Crippen LogP contribution in [0.2, 0.25) is 0 Å². The zero-order valence-electron chi connectivity index (χ0n) is 9.18. The van der Waals surface area contributed by atoms with Gasteiger partial charge >= 0.3 is 0 Å². The molecule has 2 rings (SSSR count). The fourth-order valence-electron chi connectivity index (χ4n) is 1.37. The van der Waals surface area contributed by atoms with E-state index in [9.17, 15) is 0 Å².